The van der Waals surface area contributed by atoms with Crippen LogP contribution >= 0.6 is 0 Å². The summed E-state index contributed by atoms with van der Waals surface area (Å²) in [7, 11) is 0. The molecule has 0 heterocycles. The lowest BCUT2D eigenvalue weighted by Gasteiger charge is -2.07. The van der Waals surface area contributed by atoms with Crippen LogP contribution in [0, 0.1) is 0 Å². The lowest BCUT2D eigenvalue weighted by molar-refractivity contribution is 0.458. The van der Waals surface area contributed by atoms with Gasteiger partial charge in [0.05, 0.1) is 0 Å². The molecule has 1 atom stereocenters. The topological polar surface area (TPSA) is 87.0 Å². The second-order valence-corrected chi connectivity index (χ2v) is 4.91. The highest BCUT2D eigenvalue weighted by molar-refractivity contribution is 7.74. The van der Waals surface area contributed by atoms with Crippen molar-refractivity contribution in [2.45, 2.75) is 0 Å². The number of phenolic OH excluding ortho intramolecular Hbond substituents is 2. The van der Waals surface area contributed by atoms with E-state index in [1.807, 2.05) is 0 Å². The molecule has 0 radical (unpaired) electrons. The average Bonchev–Trinajstić information content (AvgIpc) is 2.41. The molecule has 5 nitrogen and oxygen atoms in total. The predicted octanol–water partition coefficient (Wildman–Crippen LogP) is 2.92. The van der Waals surface area contributed by atoms with Crippen LogP contribution in [0.2, 0.25) is 0 Å². The van der Waals surface area contributed by atoms with Gasteiger partial charge in [-0.1, -0.05) is 6.07 Å². The number of fused-ring (bicyclic) bond motifs is 2. The van der Waals surface area contributed by atoms with Crippen molar-refractivity contribution in [2.24, 2.45) is 0 Å². The Labute approximate surface area is 116 Å². The third-order valence-electron chi connectivity index (χ3n) is 3.07. The van der Waals surface area contributed by atoms with Gasteiger partial charge >= 0.3 is 11.4 Å². The first-order valence-electron chi connectivity index (χ1n) is 5.72. The van der Waals surface area contributed by atoms with Gasteiger partial charge < -0.3 is 14.4 Å². The molecule has 0 aliphatic carbocycles. The van der Waals surface area contributed by atoms with Gasteiger partial charge in [0.1, 0.15) is 17.2 Å². The molecule has 3 aromatic carbocycles. The molecule has 3 rings (SSSR count). The fraction of sp³-hybridized carbons (Fsp3) is 0. The molecule has 0 aromatic heterocycles. The number of aromatic hydroxyl groups is 2. The van der Waals surface area contributed by atoms with Gasteiger partial charge in [-0.3, -0.25) is 4.55 Å². The van der Waals surface area contributed by atoms with Crippen molar-refractivity contribution in [3.05, 3.63) is 42.5 Å². The second-order valence-electron chi connectivity index (χ2n) is 4.31. The third kappa shape index (κ3) is 2.15. The number of hydrogen-bond acceptors (Lipinski definition) is 4. The Morgan fingerprint density at radius 3 is 2.05 bits per heavy atom. The number of rotatable bonds is 2. The normalized spacial score (nSPS) is 12.7. The van der Waals surface area contributed by atoms with Gasteiger partial charge in [0.15, 0.2) is 0 Å². The molecule has 102 valence electrons. The Morgan fingerprint density at radius 1 is 0.850 bits per heavy atom. The maximum absolute atomic E-state index is 10.6. The Bertz CT molecular complexity index is 844. The van der Waals surface area contributed by atoms with E-state index in [0.717, 1.165) is 10.8 Å². The largest absolute Gasteiger partial charge is 0.507 e. The molecule has 0 aliphatic rings. The molecule has 0 fully saturated rings. The molecule has 6 heteroatoms. The fourth-order valence-corrected chi connectivity index (χ4v) is 2.44. The molecule has 0 bridgehead atoms. The van der Waals surface area contributed by atoms with Crippen LogP contribution in [0.5, 0.6) is 17.2 Å². The fourth-order valence-electron chi connectivity index (χ4n) is 2.17. The lowest BCUT2D eigenvalue weighted by atomic mass is 10.0. The molecular formula is C14H10O5S. The van der Waals surface area contributed by atoms with Crippen LogP contribution in [0.25, 0.3) is 21.5 Å². The van der Waals surface area contributed by atoms with E-state index in [9.17, 15) is 14.4 Å². The molecule has 0 spiro atoms. The number of hydrogen-bond donors (Lipinski definition) is 3. The quantitative estimate of drug-likeness (QED) is 0.384. The van der Waals surface area contributed by atoms with Gasteiger partial charge in [-0.15, -0.1) is 0 Å². The standard InChI is InChI=1S/C14H10O5S/c15-13-3-4-14(16)12-7-9-5-10(19-20(17)18)2-1-8(9)6-11(12)13/h1-7,15-16H,(H,17,18). The summed E-state index contributed by atoms with van der Waals surface area (Å²) in [6, 6.07) is 11.1. The van der Waals surface area contributed by atoms with Crippen LogP contribution in [0.3, 0.4) is 0 Å². The molecule has 0 aliphatic heterocycles. The maximum atomic E-state index is 10.6. The molecule has 1 unspecified atom stereocenters. The van der Waals surface area contributed by atoms with Crippen LogP contribution < -0.4 is 4.18 Å². The highest BCUT2D eigenvalue weighted by atomic mass is 32.2. The molecule has 3 aromatic rings. The van der Waals surface area contributed by atoms with Crippen molar-refractivity contribution >= 4 is 32.9 Å². The number of phenols is 2. The van der Waals surface area contributed by atoms with Crippen LogP contribution in [0.4, 0.5) is 0 Å². The van der Waals surface area contributed by atoms with Gasteiger partial charge in [0.25, 0.3) is 0 Å². The van der Waals surface area contributed by atoms with E-state index in [1.165, 1.54) is 12.1 Å². The van der Waals surface area contributed by atoms with E-state index >= 15 is 0 Å². The first-order valence-corrected chi connectivity index (χ1v) is 6.75. The molecule has 0 saturated carbocycles. The Balaban J connectivity index is 2.28. The van der Waals surface area contributed by atoms with E-state index in [0.29, 0.717) is 10.8 Å². The van der Waals surface area contributed by atoms with Crippen LogP contribution in [-0.4, -0.2) is 19.0 Å². The number of benzene rings is 3. The minimum Gasteiger partial charge on any atom is -0.507 e. The zero-order valence-corrected chi connectivity index (χ0v) is 10.9. The van der Waals surface area contributed by atoms with Gasteiger partial charge in [-0.25, -0.2) is 0 Å². The summed E-state index contributed by atoms with van der Waals surface area (Å²) in [5, 5.41) is 22.2. The van der Waals surface area contributed by atoms with Crippen LogP contribution in [0.1, 0.15) is 0 Å². The summed E-state index contributed by atoms with van der Waals surface area (Å²) in [4.78, 5) is 0. The minimum atomic E-state index is -2.38. The first kappa shape index (κ1) is 12.7. The minimum absolute atomic E-state index is 0.0526. The SMILES string of the molecule is O=S(O)Oc1ccc2cc3c(O)ccc(O)c3cc2c1. The molecule has 0 amide bonds. The third-order valence-corrected chi connectivity index (χ3v) is 3.40. The Kier molecular flexibility index (Phi) is 2.96. The van der Waals surface area contributed by atoms with Crippen molar-refractivity contribution in [1.29, 1.82) is 0 Å². The zero-order valence-electron chi connectivity index (χ0n) is 10.1. The summed E-state index contributed by atoms with van der Waals surface area (Å²) in [5.41, 5.74) is 0. The van der Waals surface area contributed by atoms with Crippen molar-refractivity contribution in [1.82, 2.24) is 0 Å². The van der Waals surface area contributed by atoms with Crippen LogP contribution in [-0.2, 0) is 11.4 Å². The highest BCUT2D eigenvalue weighted by Crippen LogP contribution is 2.35. The monoisotopic (exact) mass is 290 g/mol. The average molecular weight is 290 g/mol. The van der Waals surface area contributed by atoms with E-state index in [4.69, 9.17) is 8.74 Å². The van der Waals surface area contributed by atoms with Crippen molar-refractivity contribution in [3.8, 4) is 17.2 Å². The molecule has 3 N–H and O–H groups in total. The van der Waals surface area contributed by atoms with Crippen molar-refractivity contribution < 1.29 is 23.2 Å². The van der Waals surface area contributed by atoms with Gasteiger partial charge in [-0.05, 0) is 47.2 Å². The maximum Gasteiger partial charge on any atom is 0.357 e. The highest BCUT2D eigenvalue weighted by Gasteiger charge is 2.08. The molecule has 0 saturated heterocycles. The summed E-state index contributed by atoms with van der Waals surface area (Å²) in [6.45, 7) is 0. The Morgan fingerprint density at radius 2 is 1.45 bits per heavy atom. The van der Waals surface area contributed by atoms with E-state index < -0.39 is 11.4 Å². The van der Waals surface area contributed by atoms with Gasteiger partial charge in [0.2, 0.25) is 0 Å². The molecular weight excluding hydrogens is 280 g/mol. The van der Waals surface area contributed by atoms with Crippen LogP contribution in [0.15, 0.2) is 42.5 Å². The summed E-state index contributed by atoms with van der Waals surface area (Å²) in [5.74, 6) is 0.380. The summed E-state index contributed by atoms with van der Waals surface area (Å²) >= 11 is -2.38. The van der Waals surface area contributed by atoms with Gasteiger partial charge in [-0.2, -0.15) is 4.21 Å². The Hall–Kier alpha value is -2.31. The van der Waals surface area contributed by atoms with E-state index in [-0.39, 0.29) is 17.2 Å². The smallest absolute Gasteiger partial charge is 0.357 e. The van der Waals surface area contributed by atoms with E-state index in [2.05, 4.69) is 0 Å². The van der Waals surface area contributed by atoms with Crippen molar-refractivity contribution in [3.63, 3.8) is 0 Å². The first-order chi connectivity index (χ1) is 9.54. The van der Waals surface area contributed by atoms with Crippen molar-refractivity contribution in [2.75, 3.05) is 0 Å². The molecule has 20 heavy (non-hydrogen) atoms. The lowest BCUT2D eigenvalue weighted by Crippen LogP contribution is -1.96. The van der Waals surface area contributed by atoms with E-state index in [1.54, 1.807) is 30.3 Å². The van der Waals surface area contributed by atoms with Gasteiger partial charge in [0, 0.05) is 10.8 Å². The summed E-state index contributed by atoms with van der Waals surface area (Å²) < 4.78 is 24.0. The zero-order chi connectivity index (χ0) is 14.3. The predicted molar refractivity (Wildman–Crippen MR) is 76.2 cm³/mol. The second kappa shape index (κ2) is 4.66. The summed E-state index contributed by atoms with van der Waals surface area (Å²) in [6.07, 6.45) is 0.